The van der Waals surface area contributed by atoms with Crippen molar-refractivity contribution in [2.75, 3.05) is 11.5 Å². The first-order chi connectivity index (χ1) is 14.5. The number of carbonyl (C=O) groups is 2. The minimum absolute atomic E-state index is 0.110. The Bertz CT molecular complexity index is 1000. The number of nitrogens with zero attached hydrogens (tertiary/aromatic N) is 1. The summed E-state index contributed by atoms with van der Waals surface area (Å²) in [7, 11) is 0. The number of amides is 1. The predicted molar refractivity (Wildman–Crippen MR) is 120 cm³/mol. The van der Waals surface area contributed by atoms with E-state index in [1.165, 1.54) is 0 Å². The average molecular weight is 442 g/mol. The molecular formula is C24H21Cl2NO3. The predicted octanol–water partition coefficient (Wildman–Crippen LogP) is 5.95. The monoisotopic (exact) mass is 441 g/mol. The molecule has 0 saturated carbocycles. The van der Waals surface area contributed by atoms with Crippen LogP contribution in [0.15, 0.2) is 72.8 Å². The Balaban J connectivity index is 1.92. The molecule has 30 heavy (non-hydrogen) atoms. The smallest absolute Gasteiger partial charge is 0.338 e. The largest absolute Gasteiger partial charge is 0.462 e. The number of hydrogen-bond acceptors (Lipinski definition) is 3. The summed E-state index contributed by atoms with van der Waals surface area (Å²) in [4.78, 5) is 26.8. The van der Waals surface area contributed by atoms with E-state index in [4.69, 9.17) is 27.9 Å². The summed E-state index contributed by atoms with van der Waals surface area (Å²) in [6.07, 6.45) is 0.225. The summed E-state index contributed by atoms with van der Waals surface area (Å²) in [6.45, 7) is 2.26. The standard InChI is InChI=1S/C24H21Cl2NO3/c1-2-30-24(29)18-11-13-19(14-12-18)27(16-20-21(25)9-6-10-22(20)26)23(28)15-17-7-4-3-5-8-17/h3-14H,2,15-16H2,1H3. The maximum atomic E-state index is 13.2. The van der Waals surface area contributed by atoms with E-state index in [0.717, 1.165) is 5.56 Å². The molecule has 0 saturated heterocycles. The normalized spacial score (nSPS) is 10.5. The molecule has 0 fully saturated rings. The maximum absolute atomic E-state index is 13.2. The number of carbonyl (C=O) groups excluding carboxylic acids is 2. The minimum Gasteiger partial charge on any atom is -0.462 e. The zero-order valence-electron chi connectivity index (χ0n) is 16.5. The second-order valence-electron chi connectivity index (χ2n) is 6.61. The second kappa shape index (κ2) is 10.3. The zero-order chi connectivity index (χ0) is 21.5. The molecule has 6 heteroatoms. The van der Waals surface area contributed by atoms with Crippen molar-refractivity contribution in [2.24, 2.45) is 0 Å². The van der Waals surface area contributed by atoms with Crippen LogP contribution in [-0.2, 0) is 22.5 Å². The number of halogens is 2. The van der Waals surface area contributed by atoms with Gasteiger partial charge < -0.3 is 9.64 Å². The molecule has 3 aromatic rings. The third kappa shape index (κ3) is 5.41. The van der Waals surface area contributed by atoms with Gasteiger partial charge in [0.25, 0.3) is 0 Å². The second-order valence-corrected chi connectivity index (χ2v) is 7.42. The molecule has 0 atom stereocenters. The number of ether oxygens (including phenoxy) is 1. The van der Waals surface area contributed by atoms with Gasteiger partial charge in [0, 0.05) is 21.3 Å². The van der Waals surface area contributed by atoms with Gasteiger partial charge in [-0.3, -0.25) is 4.79 Å². The topological polar surface area (TPSA) is 46.6 Å². The third-order valence-electron chi connectivity index (χ3n) is 4.57. The summed E-state index contributed by atoms with van der Waals surface area (Å²) in [5, 5.41) is 0.978. The highest BCUT2D eigenvalue weighted by Gasteiger charge is 2.20. The van der Waals surface area contributed by atoms with E-state index in [0.29, 0.717) is 33.5 Å². The van der Waals surface area contributed by atoms with Crippen LogP contribution in [0, 0.1) is 0 Å². The van der Waals surface area contributed by atoms with Gasteiger partial charge in [0.2, 0.25) is 5.91 Å². The molecule has 154 valence electrons. The highest BCUT2D eigenvalue weighted by Crippen LogP contribution is 2.28. The van der Waals surface area contributed by atoms with Gasteiger partial charge in [0.1, 0.15) is 0 Å². The van der Waals surface area contributed by atoms with Crippen molar-refractivity contribution in [2.45, 2.75) is 19.9 Å². The van der Waals surface area contributed by atoms with Gasteiger partial charge in [0.05, 0.1) is 25.1 Å². The van der Waals surface area contributed by atoms with Crippen LogP contribution in [-0.4, -0.2) is 18.5 Å². The first-order valence-corrected chi connectivity index (χ1v) is 10.3. The van der Waals surface area contributed by atoms with Crippen LogP contribution in [0.3, 0.4) is 0 Å². The molecule has 1 amide bonds. The van der Waals surface area contributed by atoms with Crippen molar-refractivity contribution in [1.29, 1.82) is 0 Å². The summed E-state index contributed by atoms with van der Waals surface area (Å²) in [5.74, 6) is -0.513. The van der Waals surface area contributed by atoms with Gasteiger partial charge in [-0.25, -0.2) is 4.79 Å². The molecular weight excluding hydrogens is 421 g/mol. The summed E-state index contributed by atoms with van der Waals surface area (Å²) >= 11 is 12.7. The molecule has 0 spiro atoms. The number of esters is 1. The van der Waals surface area contributed by atoms with Crippen molar-refractivity contribution < 1.29 is 14.3 Å². The first kappa shape index (κ1) is 21.9. The van der Waals surface area contributed by atoms with Gasteiger partial charge in [-0.2, -0.15) is 0 Å². The van der Waals surface area contributed by atoms with Crippen molar-refractivity contribution in [3.8, 4) is 0 Å². The average Bonchev–Trinajstić information content (AvgIpc) is 2.74. The Hall–Kier alpha value is -2.82. The van der Waals surface area contributed by atoms with Crippen LogP contribution in [0.25, 0.3) is 0 Å². The molecule has 4 nitrogen and oxygen atoms in total. The number of hydrogen-bond donors (Lipinski definition) is 0. The lowest BCUT2D eigenvalue weighted by atomic mass is 10.1. The third-order valence-corrected chi connectivity index (χ3v) is 5.28. The summed E-state index contributed by atoms with van der Waals surface area (Å²) in [5.41, 5.74) is 2.63. The molecule has 0 aliphatic carbocycles. The Morgan fingerprint density at radius 2 is 1.50 bits per heavy atom. The van der Waals surface area contributed by atoms with Gasteiger partial charge in [0.15, 0.2) is 0 Å². The van der Waals surface area contributed by atoms with E-state index in [1.54, 1.807) is 54.3 Å². The van der Waals surface area contributed by atoms with Crippen molar-refractivity contribution >= 4 is 40.8 Å². The highest BCUT2D eigenvalue weighted by molar-refractivity contribution is 6.36. The van der Waals surface area contributed by atoms with E-state index in [2.05, 4.69) is 0 Å². The van der Waals surface area contributed by atoms with Crippen LogP contribution in [0.2, 0.25) is 10.0 Å². The van der Waals surface area contributed by atoms with E-state index in [9.17, 15) is 9.59 Å². The van der Waals surface area contributed by atoms with Crippen LogP contribution >= 0.6 is 23.2 Å². The molecule has 3 aromatic carbocycles. The van der Waals surface area contributed by atoms with Gasteiger partial charge >= 0.3 is 5.97 Å². The van der Waals surface area contributed by atoms with E-state index < -0.39 is 5.97 Å². The van der Waals surface area contributed by atoms with Gasteiger partial charge in [-0.1, -0.05) is 59.6 Å². The van der Waals surface area contributed by atoms with Crippen LogP contribution in [0.5, 0.6) is 0 Å². The molecule has 3 rings (SSSR count). The van der Waals surface area contributed by atoms with Crippen LogP contribution in [0.1, 0.15) is 28.4 Å². The Morgan fingerprint density at radius 3 is 2.10 bits per heavy atom. The molecule has 0 N–H and O–H groups in total. The van der Waals surface area contributed by atoms with Crippen molar-refractivity contribution in [3.63, 3.8) is 0 Å². The maximum Gasteiger partial charge on any atom is 0.338 e. The quantitative estimate of drug-likeness (QED) is 0.425. The number of anilines is 1. The molecule has 0 aliphatic rings. The molecule has 0 radical (unpaired) electrons. The fourth-order valence-corrected chi connectivity index (χ4v) is 3.54. The zero-order valence-corrected chi connectivity index (χ0v) is 18.0. The fraction of sp³-hybridized carbons (Fsp3) is 0.167. The highest BCUT2D eigenvalue weighted by atomic mass is 35.5. The molecule has 0 bridgehead atoms. The van der Waals surface area contributed by atoms with Crippen molar-refractivity contribution in [3.05, 3.63) is 99.5 Å². The number of benzene rings is 3. The molecule has 0 heterocycles. The molecule has 0 aliphatic heterocycles. The van der Waals surface area contributed by atoms with Crippen molar-refractivity contribution in [1.82, 2.24) is 0 Å². The summed E-state index contributed by atoms with van der Waals surface area (Å²) in [6, 6.07) is 21.5. The van der Waals surface area contributed by atoms with Crippen LogP contribution < -0.4 is 4.90 Å². The summed E-state index contributed by atoms with van der Waals surface area (Å²) < 4.78 is 5.03. The minimum atomic E-state index is -0.402. The molecule has 0 aromatic heterocycles. The fourth-order valence-electron chi connectivity index (χ4n) is 3.02. The van der Waals surface area contributed by atoms with Gasteiger partial charge in [-0.15, -0.1) is 0 Å². The lowest BCUT2D eigenvalue weighted by molar-refractivity contribution is -0.118. The lowest BCUT2D eigenvalue weighted by Gasteiger charge is -2.24. The first-order valence-electron chi connectivity index (χ1n) is 9.54. The Kier molecular flexibility index (Phi) is 7.50. The lowest BCUT2D eigenvalue weighted by Crippen LogP contribution is -2.32. The van der Waals surface area contributed by atoms with Crippen LogP contribution in [0.4, 0.5) is 5.69 Å². The van der Waals surface area contributed by atoms with E-state index in [1.807, 2.05) is 30.3 Å². The van der Waals surface area contributed by atoms with Gasteiger partial charge in [-0.05, 0) is 48.9 Å². The number of rotatable bonds is 7. The van der Waals surface area contributed by atoms with E-state index >= 15 is 0 Å². The molecule has 0 unspecified atom stereocenters. The Morgan fingerprint density at radius 1 is 0.867 bits per heavy atom. The Labute approximate surface area is 186 Å². The van der Waals surface area contributed by atoms with E-state index in [-0.39, 0.29) is 18.9 Å². The SMILES string of the molecule is CCOC(=O)c1ccc(N(Cc2c(Cl)cccc2Cl)C(=O)Cc2ccccc2)cc1.